The molecule has 0 radical (unpaired) electrons. The van der Waals surface area contributed by atoms with Crippen LogP contribution in [0.2, 0.25) is 0 Å². The van der Waals surface area contributed by atoms with E-state index < -0.39 is 24.4 Å². The van der Waals surface area contributed by atoms with E-state index in [1.54, 1.807) is 0 Å². The van der Waals surface area contributed by atoms with E-state index in [2.05, 4.69) is 0 Å². The van der Waals surface area contributed by atoms with E-state index in [0.717, 1.165) is 0 Å². The van der Waals surface area contributed by atoms with Crippen molar-refractivity contribution in [1.82, 2.24) is 0 Å². The summed E-state index contributed by atoms with van der Waals surface area (Å²) in [6, 6.07) is 0. The summed E-state index contributed by atoms with van der Waals surface area (Å²) >= 11 is 0. The highest BCUT2D eigenvalue weighted by molar-refractivity contribution is 4.86. The van der Waals surface area contributed by atoms with Gasteiger partial charge in [-0.25, -0.2) is 0 Å². The number of aliphatic hydroxyl groups excluding tert-OH is 3. The molecule has 5 nitrogen and oxygen atoms in total. The van der Waals surface area contributed by atoms with Crippen LogP contribution in [0.4, 0.5) is 0 Å². The summed E-state index contributed by atoms with van der Waals surface area (Å²) in [7, 11) is 0. The Morgan fingerprint density at radius 3 is 2.45 bits per heavy atom. The lowest BCUT2D eigenvalue weighted by Crippen LogP contribution is -2.55. The largest absolute Gasteiger partial charge is 0.388 e. The molecular weight excluding hydrogens is 150 g/mol. The van der Waals surface area contributed by atoms with Gasteiger partial charge >= 0.3 is 0 Å². The van der Waals surface area contributed by atoms with Gasteiger partial charge in [0.05, 0.1) is 12.7 Å². The van der Waals surface area contributed by atoms with Crippen molar-refractivity contribution in [1.29, 1.82) is 0 Å². The van der Waals surface area contributed by atoms with Crippen molar-refractivity contribution >= 4 is 0 Å². The maximum Gasteiger partial charge on any atom is 0.111 e. The first-order valence-corrected chi connectivity index (χ1v) is 3.52. The summed E-state index contributed by atoms with van der Waals surface area (Å²) < 4.78 is 4.94. The molecule has 0 bridgehead atoms. The molecule has 1 aliphatic heterocycles. The van der Waals surface area contributed by atoms with Gasteiger partial charge in [-0.1, -0.05) is 0 Å². The number of nitrogens with two attached hydrogens (primary N) is 1. The molecule has 0 saturated carbocycles. The van der Waals surface area contributed by atoms with Gasteiger partial charge in [0.25, 0.3) is 0 Å². The van der Waals surface area contributed by atoms with Crippen molar-refractivity contribution in [2.24, 2.45) is 5.73 Å². The van der Waals surface area contributed by atoms with Crippen LogP contribution in [-0.2, 0) is 4.74 Å². The van der Waals surface area contributed by atoms with E-state index in [1.807, 2.05) is 0 Å². The summed E-state index contributed by atoms with van der Waals surface area (Å²) in [6.07, 6.45) is -3.79. The van der Waals surface area contributed by atoms with Crippen LogP contribution >= 0.6 is 0 Å². The van der Waals surface area contributed by atoms with Crippen LogP contribution in [0.25, 0.3) is 0 Å². The molecule has 4 atom stereocenters. The van der Waals surface area contributed by atoms with Crippen LogP contribution in [0.15, 0.2) is 0 Å². The summed E-state index contributed by atoms with van der Waals surface area (Å²) in [4.78, 5) is 0. The Kier molecular flexibility index (Phi) is 2.80. The fraction of sp³-hybridized carbons (Fsp3) is 1.00. The molecule has 66 valence electrons. The Hall–Kier alpha value is -0.200. The van der Waals surface area contributed by atoms with Gasteiger partial charge in [0.15, 0.2) is 0 Å². The summed E-state index contributed by atoms with van der Waals surface area (Å²) in [5.41, 5.74) is 5.22. The quantitative estimate of drug-likeness (QED) is 0.340. The zero-order chi connectivity index (χ0) is 8.43. The van der Waals surface area contributed by atoms with Crippen molar-refractivity contribution in [2.45, 2.75) is 24.4 Å². The van der Waals surface area contributed by atoms with Crippen molar-refractivity contribution < 1.29 is 20.1 Å². The van der Waals surface area contributed by atoms with Gasteiger partial charge < -0.3 is 25.8 Å². The van der Waals surface area contributed by atoms with Gasteiger partial charge in [-0.15, -0.1) is 0 Å². The van der Waals surface area contributed by atoms with E-state index >= 15 is 0 Å². The lowest BCUT2D eigenvalue weighted by Gasteiger charge is -2.34. The van der Waals surface area contributed by atoms with Crippen molar-refractivity contribution in [3.8, 4) is 0 Å². The molecular formula is C6H13NO4. The molecule has 0 aromatic heterocycles. The molecule has 1 aliphatic rings. The normalized spacial score (nSPS) is 45.8. The molecule has 0 aliphatic carbocycles. The maximum absolute atomic E-state index is 9.19. The highest BCUT2D eigenvalue weighted by Gasteiger charge is 2.36. The average molecular weight is 163 g/mol. The number of aliphatic hydroxyl groups is 3. The molecule has 1 heterocycles. The summed E-state index contributed by atoms with van der Waals surface area (Å²) in [5.74, 6) is 0. The molecule has 5 heteroatoms. The lowest BCUT2D eigenvalue weighted by molar-refractivity contribution is -0.183. The smallest absolute Gasteiger partial charge is 0.111 e. The van der Waals surface area contributed by atoms with Gasteiger partial charge in [-0.3, -0.25) is 0 Å². The molecule has 1 rings (SSSR count). The number of ether oxygens (including phenoxy) is 1. The monoisotopic (exact) mass is 163 g/mol. The minimum absolute atomic E-state index is 0.0279. The SMILES string of the molecule is NC[C@@H]1OC[C@H](O)[C@@H](O)[C@@H]1O. The maximum atomic E-state index is 9.19. The number of hydrogen-bond acceptors (Lipinski definition) is 5. The standard InChI is InChI=1S/C6H13NO4/c7-1-4-6(10)5(9)3(8)2-11-4/h3-6,8-10H,1-2,7H2/t3-,4-,5+,6+/m0/s1. The predicted octanol–water partition coefficient (Wildman–Crippen LogP) is -2.57. The van der Waals surface area contributed by atoms with Gasteiger partial charge in [0.1, 0.15) is 18.3 Å². The van der Waals surface area contributed by atoms with Crippen LogP contribution in [0.3, 0.4) is 0 Å². The first-order chi connectivity index (χ1) is 5.16. The minimum Gasteiger partial charge on any atom is -0.388 e. The summed E-state index contributed by atoms with van der Waals surface area (Å²) in [6.45, 7) is 0.172. The minimum atomic E-state index is -1.14. The highest BCUT2D eigenvalue weighted by Crippen LogP contribution is 2.14. The van der Waals surface area contributed by atoms with E-state index in [4.69, 9.17) is 20.7 Å². The third-order valence-corrected chi connectivity index (χ3v) is 1.84. The van der Waals surface area contributed by atoms with E-state index in [1.165, 1.54) is 0 Å². The number of hydrogen-bond donors (Lipinski definition) is 4. The van der Waals surface area contributed by atoms with Gasteiger partial charge in [-0.2, -0.15) is 0 Å². The lowest BCUT2D eigenvalue weighted by atomic mass is 10.0. The Balaban J connectivity index is 2.52. The van der Waals surface area contributed by atoms with E-state index in [0.29, 0.717) is 0 Å². The van der Waals surface area contributed by atoms with Crippen molar-refractivity contribution in [2.75, 3.05) is 13.2 Å². The Morgan fingerprint density at radius 2 is 1.91 bits per heavy atom. The van der Waals surface area contributed by atoms with E-state index in [-0.39, 0.29) is 13.2 Å². The Labute approximate surface area is 64.4 Å². The molecule has 1 saturated heterocycles. The van der Waals surface area contributed by atoms with E-state index in [9.17, 15) is 5.11 Å². The molecule has 0 amide bonds. The second kappa shape index (κ2) is 3.46. The van der Waals surface area contributed by atoms with Crippen LogP contribution in [-0.4, -0.2) is 52.9 Å². The van der Waals surface area contributed by atoms with Crippen LogP contribution in [0.1, 0.15) is 0 Å². The fourth-order valence-corrected chi connectivity index (χ4v) is 1.07. The molecule has 0 unspecified atom stereocenters. The fourth-order valence-electron chi connectivity index (χ4n) is 1.07. The van der Waals surface area contributed by atoms with Gasteiger partial charge in [-0.05, 0) is 0 Å². The second-order valence-electron chi connectivity index (χ2n) is 2.66. The molecule has 1 fully saturated rings. The molecule has 11 heavy (non-hydrogen) atoms. The second-order valence-corrected chi connectivity index (χ2v) is 2.66. The first-order valence-electron chi connectivity index (χ1n) is 3.52. The van der Waals surface area contributed by atoms with Gasteiger partial charge in [0, 0.05) is 6.54 Å². The van der Waals surface area contributed by atoms with Crippen LogP contribution < -0.4 is 5.73 Å². The topological polar surface area (TPSA) is 95.9 Å². The van der Waals surface area contributed by atoms with Gasteiger partial charge in [0.2, 0.25) is 0 Å². The molecule has 0 spiro atoms. The van der Waals surface area contributed by atoms with Crippen molar-refractivity contribution in [3.05, 3.63) is 0 Å². The molecule has 0 aromatic rings. The molecule has 5 N–H and O–H groups in total. The Bertz CT molecular complexity index is 130. The average Bonchev–Trinajstić information content (AvgIpc) is 2.01. The van der Waals surface area contributed by atoms with Crippen molar-refractivity contribution in [3.63, 3.8) is 0 Å². The first kappa shape index (κ1) is 8.89. The third-order valence-electron chi connectivity index (χ3n) is 1.84. The number of rotatable bonds is 1. The third kappa shape index (κ3) is 1.69. The Morgan fingerprint density at radius 1 is 1.27 bits per heavy atom. The summed E-state index contributed by atoms with van der Waals surface area (Å²) in [5, 5.41) is 27.3. The zero-order valence-electron chi connectivity index (χ0n) is 6.05. The van der Waals surface area contributed by atoms with Crippen LogP contribution in [0, 0.1) is 0 Å². The zero-order valence-corrected chi connectivity index (χ0v) is 6.05. The molecule has 0 aromatic carbocycles. The van der Waals surface area contributed by atoms with Crippen LogP contribution in [0.5, 0.6) is 0 Å². The highest BCUT2D eigenvalue weighted by atomic mass is 16.5. The predicted molar refractivity (Wildman–Crippen MR) is 36.8 cm³/mol.